The van der Waals surface area contributed by atoms with Crippen molar-refractivity contribution in [3.63, 3.8) is 0 Å². The molecule has 0 heterocycles. The molecule has 0 amide bonds. The number of aliphatic imine (C=N–C) groups is 1. The lowest BCUT2D eigenvalue weighted by molar-refractivity contribution is 0.474. The first kappa shape index (κ1) is 16.1. The van der Waals surface area contributed by atoms with Crippen LogP contribution in [0.3, 0.4) is 0 Å². The molecule has 0 atom stereocenters. The number of hydrogen-bond donors (Lipinski definition) is 2. The number of phenols is 1. The Morgan fingerprint density at radius 1 is 1.33 bits per heavy atom. The molecule has 1 aromatic rings. The average Bonchev–Trinajstić information content (AvgIpc) is 2.50. The molecule has 0 aliphatic rings. The number of allylic oxidation sites excluding steroid dienone is 2. The van der Waals surface area contributed by atoms with Crippen molar-refractivity contribution in [1.82, 2.24) is 0 Å². The zero-order valence-electron chi connectivity index (χ0n) is 12.0. The van der Waals surface area contributed by atoms with Crippen molar-refractivity contribution in [3.05, 3.63) is 35.2 Å². The summed E-state index contributed by atoms with van der Waals surface area (Å²) in [4.78, 5) is 5.92. The largest absolute Gasteiger partial charge is 0.507 e. The molecule has 0 unspecified atom stereocenters. The van der Waals surface area contributed by atoms with E-state index in [-0.39, 0.29) is 17.1 Å². The summed E-state index contributed by atoms with van der Waals surface area (Å²) in [5, 5.41) is 27.5. The number of hydrogen-bond acceptors (Lipinski definition) is 6. The molecule has 1 rings (SSSR count). The van der Waals surface area contributed by atoms with Crippen LogP contribution in [-0.4, -0.2) is 24.4 Å². The Hall–Kier alpha value is -2.99. The molecule has 0 aliphatic carbocycles. The van der Waals surface area contributed by atoms with E-state index >= 15 is 0 Å². The van der Waals surface area contributed by atoms with Crippen LogP contribution >= 0.6 is 0 Å². The molecule has 3 N–H and O–H groups in total. The van der Waals surface area contributed by atoms with Gasteiger partial charge in [0.2, 0.25) is 0 Å². The number of anilines is 1. The van der Waals surface area contributed by atoms with Gasteiger partial charge in [-0.05, 0) is 26.0 Å². The molecule has 0 saturated heterocycles. The van der Waals surface area contributed by atoms with Gasteiger partial charge in [-0.25, -0.2) is 4.99 Å². The Labute approximate surface area is 124 Å². The lowest BCUT2D eigenvalue weighted by atomic mass is 10.2. The van der Waals surface area contributed by atoms with Crippen LogP contribution in [0.25, 0.3) is 0 Å². The number of aromatic hydroxyl groups is 1. The van der Waals surface area contributed by atoms with E-state index in [4.69, 9.17) is 16.3 Å². The molecule has 108 valence electrons. The van der Waals surface area contributed by atoms with Crippen LogP contribution in [0.5, 0.6) is 5.75 Å². The van der Waals surface area contributed by atoms with Crippen molar-refractivity contribution >= 4 is 11.9 Å². The predicted octanol–water partition coefficient (Wildman–Crippen LogP) is 1.87. The van der Waals surface area contributed by atoms with Gasteiger partial charge in [0.05, 0.1) is 0 Å². The number of nitrogens with zero attached hydrogens (tertiary/aromatic N) is 4. The second kappa shape index (κ2) is 7.56. The first-order valence-electron chi connectivity index (χ1n) is 6.49. The van der Waals surface area contributed by atoms with Crippen molar-refractivity contribution in [2.45, 2.75) is 13.8 Å². The molecule has 21 heavy (non-hydrogen) atoms. The Balaban J connectivity index is 3.08. The molecule has 0 radical (unpaired) electrons. The van der Waals surface area contributed by atoms with E-state index in [1.54, 1.807) is 24.3 Å². The van der Waals surface area contributed by atoms with Crippen LogP contribution in [0.15, 0.2) is 34.6 Å². The van der Waals surface area contributed by atoms with Gasteiger partial charge in [-0.1, -0.05) is 0 Å². The molecule has 0 saturated carbocycles. The zero-order valence-corrected chi connectivity index (χ0v) is 12.0. The van der Waals surface area contributed by atoms with Crippen LogP contribution in [0.4, 0.5) is 5.69 Å². The van der Waals surface area contributed by atoms with Gasteiger partial charge in [0.1, 0.15) is 23.6 Å². The van der Waals surface area contributed by atoms with Crippen LogP contribution in [0, 0.1) is 22.7 Å². The second-order valence-corrected chi connectivity index (χ2v) is 4.16. The molecular weight excluding hydrogens is 266 g/mol. The van der Waals surface area contributed by atoms with Crippen molar-refractivity contribution < 1.29 is 5.11 Å². The first-order chi connectivity index (χ1) is 10.1. The summed E-state index contributed by atoms with van der Waals surface area (Å²) in [5.74, 6) is 0.0518. The molecule has 0 fully saturated rings. The Morgan fingerprint density at radius 2 is 2.00 bits per heavy atom. The first-order valence-corrected chi connectivity index (χ1v) is 6.49. The maximum atomic E-state index is 10.00. The van der Waals surface area contributed by atoms with E-state index < -0.39 is 0 Å². The molecule has 0 aliphatic heterocycles. The minimum atomic E-state index is -0.256. The lowest BCUT2D eigenvalue weighted by Crippen LogP contribution is -2.21. The molecular formula is C15H17N5O. The number of benzene rings is 1. The normalized spacial score (nSPS) is 11.6. The highest BCUT2D eigenvalue weighted by atomic mass is 16.3. The average molecular weight is 283 g/mol. The Bertz CT molecular complexity index is 645. The predicted molar refractivity (Wildman–Crippen MR) is 81.7 cm³/mol. The fourth-order valence-electron chi connectivity index (χ4n) is 1.77. The van der Waals surface area contributed by atoms with Crippen molar-refractivity contribution in [2.24, 2.45) is 10.7 Å². The van der Waals surface area contributed by atoms with E-state index in [1.807, 2.05) is 19.9 Å². The summed E-state index contributed by atoms with van der Waals surface area (Å²) in [6.45, 7) is 5.74. The van der Waals surface area contributed by atoms with Crippen molar-refractivity contribution in [2.75, 3.05) is 18.0 Å². The summed E-state index contributed by atoms with van der Waals surface area (Å²) in [6, 6.07) is 8.59. The summed E-state index contributed by atoms with van der Waals surface area (Å²) < 4.78 is 0. The van der Waals surface area contributed by atoms with Crippen molar-refractivity contribution in [1.29, 1.82) is 10.5 Å². The number of phenolic OH excluding ortho intramolecular Hbond substituents is 1. The van der Waals surface area contributed by atoms with E-state index in [1.165, 1.54) is 6.21 Å². The summed E-state index contributed by atoms with van der Waals surface area (Å²) in [7, 11) is 0. The Morgan fingerprint density at radius 3 is 2.48 bits per heavy atom. The van der Waals surface area contributed by atoms with Gasteiger partial charge >= 0.3 is 0 Å². The highest BCUT2D eigenvalue weighted by Crippen LogP contribution is 2.23. The molecule has 6 heteroatoms. The summed E-state index contributed by atoms with van der Waals surface area (Å²) in [5.41, 5.74) is 6.26. The number of nitriles is 2. The Kier molecular flexibility index (Phi) is 5.79. The summed E-state index contributed by atoms with van der Waals surface area (Å²) >= 11 is 0. The fraction of sp³-hybridized carbons (Fsp3) is 0.267. The van der Waals surface area contributed by atoms with Gasteiger partial charge in [0.15, 0.2) is 5.70 Å². The highest BCUT2D eigenvalue weighted by molar-refractivity contribution is 5.85. The second-order valence-electron chi connectivity index (χ2n) is 4.16. The maximum absolute atomic E-state index is 10.00. The molecule has 0 bridgehead atoms. The smallest absolute Gasteiger partial charge is 0.174 e. The fourth-order valence-corrected chi connectivity index (χ4v) is 1.77. The third kappa shape index (κ3) is 3.99. The van der Waals surface area contributed by atoms with Crippen LogP contribution in [0.2, 0.25) is 0 Å². The van der Waals surface area contributed by atoms with E-state index in [9.17, 15) is 5.11 Å². The standard InChI is InChI=1S/C15H17N5O/c1-3-20(4-2)12-6-5-11(15(21)7-12)10-19-14(9-17)13(18)8-16/h5-7,10,21H,3-4,18H2,1-2H3/b14-13-,19-10?. The number of rotatable bonds is 5. The number of nitrogens with two attached hydrogens (primary N) is 1. The zero-order chi connectivity index (χ0) is 15.8. The molecule has 0 spiro atoms. The third-order valence-electron chi connectivity index (χ3n) is 2.96. The quantitative estimate of drug-likeness (QED) is 0.633. The lowest BCUT2D eigenvalue weighted by Gasteiger charge is -2.21. The maximum Gasteiger partial charge on any atom is 0.174 e. The van der Waals surface area contributed by atoms with Gasteiger partial charge in [-0.2, -0.15) is 10.5 Å². The van der Waals surface area contributed by atoms with Gasteiger partial charge < -0.3 is 15.7 Å². The molecule has 0 aromatic heterocycles. The highest BCUT2D eigenvalue weighted by Gasteiger charge is 2.06. The van der Waals surface area contributed by atoms with Gasteiger partial charge in [-0.3, -0.25) is 0 Å². The van der Waals surface area contributed by atoms with Gasteiger partial charge in [0, 0.05) is 36.6 Å². The minimum Gasteiger partial charge on any atom is -0.507 e. The van der Waals surface area contributed by atoms with Crippen LogP contribution < -0.4 is 10.6 Å². The van der Waals surface area contributed by atoms with E-state index in [0.29, 0.717) is 5.56 Å². The van der Waals surface area contributed by atoms with Crippen molar-refractivity contribution in [3.8, 4) is 17.9 Å². The van der Waals surface area contributed by atoms with E-state index in [2.05, 4.69) is 9.89 Å². The van der Waals surface area contributed by atoms with Gasteiger partial charge in [0.25, 0.3) is 0 Å². The SMILES string of the molecule is CCN(CC)c1ccc(C=N/C(C#N)=C(\N)C#N)c(O)c1. The monoisotopic (exact) mass is 283 g/mol. The van der Waals surface area contributed by atoms with Gasteiger partial charge in [-0.15, -0.1) is 0 Å². The molecule has 1 aromatic carbocycles. The van der Waals surface area contributed by atoms with Crippen LogP contribution in [0.1, 0.15) is 19.4 Å². The third-order valence-corrected chi connectivity index (χ3v) is 2.96. The molecule has 6 nitrogen and oxygen atoms in total. The van der Waals surface area contributed by atoms with Crippen LogP contribution in [-0.2, 0) is 0 Å². The topological polar surface area (TPSA) is 109 Å². The van der Waals surface area contributed by atoms with E-state index in [0.717, 1.165) is 18.8 Å². The minimum absolute atomic E-state index is 0.0518. The summed E-state index contributed by atoms with van der Waals surface area (Å²) in [6.07, 6.45) is 1.31.